The standard InChI is InChI=1S/C16H19N3O5S/c1-5-24-16(23)12-8(2)10(4)25-14(12)18-13(20)11-6-17-19(7-11)9(3)15(21)22/h6-7,9H,5H2,1-4H3,(H,18,20)(H,21,22). The predicted molar refractivity (Wildman–Crippen MR) is 92.3 cm³/mol. The van der Waals surface area contributed by atoms with Gasteiger partial charge < -0.3 is 15.2 Å². The molecule has 1 unspecified atom stereocenters. The molecule has 2 rings (SSSR count). The molecule has 8 nitrogen and oxygen atoms in total. The number of thiophene rings is 1. The van der Waals surface area contributed by atoms with Crippen LogP contribution in [0.3, 0.4) is 0 Å². The van der Waals surface area contributed by atoms with E-state index >= 15 is 0 Å². The minimum atomic E-state index is -1.05. The summed E-state index contributed by atoms with van der Waals surface area (Å²) in [5, 5.41) is 16.0. The van der Waals surface area contributed by atoms with Crippen molar-refractivity contribution in [2.24, 2.45) is 0 Å². The summed E-state index contributed by atoms with van der Waals surface area (Å²) in [7, 11) is 0. The first-order valence-electron chi connectivity index (χ1n) is 7.61. The summed E-state index contributed by atoms with van der Waals surface area (Å²) in [5.74, 6) is -2.02. The number of aromatic nitrogens is 2. The van der Waals surface area contributed by atoms with Crippen LogP contribution in [0.25, 0.3) is 0 Å². The van der Waals surface area contributed by atoms with Crippen LogP contribution in [-0.4, -0.2) is 39.3 Å². The van der Waals surface area contributed by atoms with E-state index in [9.17, 15) is 14.4 Å². The van der Waals surface area contributed by atoms with Crippen LogP contribution in [0, 0.1) is 13.8 Å². The Morgan fingerprint density at radius 2 is 2.08 bits per heavy atom. The van der Waals surface area contributed by atoms with Crippen molar-refractivity contribution in [1.82, 2.24) is 9.78 Å². The van der Waals surface area contributed by atoms with E-state index in [2.05, 4.69) is 10.4 Å². The van der Waals surface area contributed by atoms with Crippen LogP contribution in [-0.2, 0) is 9.53 Å². The lowest BCUT2D eigenvalue weighted by atomic mass is 10.1. The zero-order chi connectivity index (χ0) is 18.7. The Kier molecular flexibility index (Phi) is 5.58. The number of ether oxygens (including phenoxy) is 1. The molecule has 1 atom stereocenters. The summed E-state index contributed by atoms with van der Waals surface area (Å²) in [6.07, 6.45) is 2.64. The van der Waals surface area contributed by atoms with Crippen molar-refractivity contribution in [2.45, 2.75) is 33.7 Å². The van der Waals surface area contributed by atoms with Gasteiger partial charge in [-0.15, -0.1) is 11.3 Å². The first-order valence-corrected chi connectivity index (χ1v) is 8.43. The number of esters is 1. The van der Waals surface area contributed by atoms with Gasteiger partial charge in [0.25, 0.3) is 5.91 Å². The van der Waals surface area contributed by atoms with Gasteiger partial charge in [0.15, 0.2) is 0 Å². The largest absolute Gasteiger partial charge is 0.480 e. The third-order valence-corrected chi connectivity index (χ3v) is 4.83. The molecule has 0 aromatic carbocycles. The highest BCUT2D eigenvalue weighted by atomic mass is 32.1. The number of nitrogens with one attached hydrogen (secondary N) is 1. The third-order valence-electron chi connectivity index (χ3n) is 3.71. The highest BCUT2D eigenvalue weighted by Gasteiger charge is 2.23. The maximum atomic E-state index is 12.4. The van der Waals surface area contributed by atoms with E-state index in [0.29, 0.717) is 10.6 Å². The fraction of sp³-hybridized carbons (Fsp3) is 0.375. The Balaban J connectivity index is 2.25. The normalized spacial score (nSPS) is 11.8. The Hall–Kier alpha value is -2.68. The van der Waals surface area contributed by atoms with Gasteiger partial charge in [-0.1, -0.05) is 0 Å². The number of aryl methyl sites for hydroxylation is 1. The number of nitrogens with zero attached hydrogens (tertiary/aromatic N) is 2. The van der Waals surface area contributed by atoms with Crippen LogP contribution < -0.4 is 5.32 Å². The number of hydrogen-bond acceptors (Lipinski definition) is 6. The number of carbonyl (C=O) groups excluding carboxylic acids is 2. The van der Waals surface area contributed by atoms with E-state index in [1.54, 1.807) is 13.8 Å². The second-order valence-corrected chi connectivity index (χ2v) is 6.61. The molecule has 0 fully saturated rings. The lowest BCUT2D eigenvalue weighted by Crippen LogP contribution is -2.16. The summed E-state index contributed by atoms with van der Waals surface area (Å²) < 4.78 is 6.24. The fourth-order valence-corrected chi connectivity index (χ4v) is 3.16. The maximum Gasteiger partial charge on any atom is 0.341 e. The Morgan fingerprint density at radius 1 is 1.40 bits per heavy atom. The second-order valence-electron chi connectivity index (χ2n) is 5.39. The van der Waals surface area contributed by atoms with Crippen LogP contribution in [0.4, 0.5) is 5.00 Å². The van der Waals surface area contributed by atoms with Gasteiger partial charge in [0.1, 0.15) is 11.0 Å². The van der Waals surface area contributed by atoms with Gasteiger partial charge in [-0.05, 0) is 33.3 Å². The van der Waals surface area contributed by atoms with Crippen molar-refractivity contribution in [2.75, 3.05) is 11.9 Å². The summed E-state index contributed by atoms with van der Waals surface area (Å²) in [4.78, 5) is 36.4. The SMILES string of the molecule is CCOC(=O)c1c(NC(=O)c2cnn(C(C)C(=O)O)c2)sc(C)c1C. The molecular formula is C16H19N3O5S. The monoisotopic (exact) mass is 365 g/mol. The van der Waals surface area contributed by atoms with Gasteiger partial charge in [-0.2, -0.15) is 5.10 Å². The van der Waals surface area contributed by atoms with Crippen LogP contribution in [0.15, 0.2) is 12.4 Å². The number of aliphatic carboxylic acids is 1. The number of carboxylic acids is 1. The van der Waals surface area contributed by atoms with Gasteiger partial charge in [-0.3, -0.25) is 9.48 Å². The Bertz CT molecular complexity index is 824. The molecule has 2 N–H and O–H groups in total. The molecule has 0 aliphatic heterocycles. The first-order chi connectivity index (χ1) is 11.8. The summed E-state index contributed by atoms with van der Waals surface area (Å²) in [6.45, 7) is 7.05. The van der Waals surface area contributed by atoms with E-state index < -0.39 is 23.9 Å². The molecule has 0 saturated carbocycles. The van der Waals surface area contributed by atoms with Gasteiger partial charge >= 0.3 is 11.9 Å². The minimum Gasteiger partial charge on any atom is -0.480 e. The highest BCUT2D eigenvalue weighted by Crippen LogP contribution is 2.33. The average Bonchev–Trinajstić information content (AvgIpc) is 3.13. The van der Waals surface area contributed by atoms with Crippen LogP contribution in [0.2, 0.25) is 0 Å². The summed E-state index contributed by atoms with van der Waals surface area (Å²) in [5.41, 5.74) is 1.30. The highest BCUT2D eigenvalue weighted by molar-refractivity contribution is 7.16. The molecule has 0 aliphatic carbocycles. The predicted octanol–water partition coefficient (Wildman–Crippen LogP) is 2.64. The number of hydrogen-bond donors (Lipinski definition) is 2. The fourth-order valence-electron chi connectivity index (χ4n) is 2.12. The van der Waals surface area contributed by atoms with E-state index in [0.717, 1.165) is 10.4 Å². The van der Waals surface area contributed by atoms with Crippen molar-refractivity contribution < 1.29 is 24.2 Å². The maximum absolute atomic E-state index is 12.4. The van der Waals surface area contributed by atoms with Crippen molar-refractivity contribution >= 4 is 34.2 Å². The van der Waals surface area contributed by atoms with Crippen molar-refractivity contribution in [1.29, 1.82) is 0 Å². The first kappa shape index (κ1) is 18.7. The zero-order valence-electron chi connectivity index (χ0n) is 14.3. The molecule has 0 saturated heterocycles. The van der Waals surface area contributed by atoms with Crippen LogP contribution in [0.5, 0.6) is 0 Å². The number of anilines is 1. The average molecular weight is 365 g/mol. The summed E-state index contributed by atoms with van der Waals surface area (Å²) >= 11 is 1.28. The minimum absolute atomic E-state index is 0.201. The molecule has 25 heavy (non-hydrogen) atoms. The molecule has 0 bridgehead atoms. The Labute approximate surface area is 148 Å². The lowest BCUT2D eigenvalue weighted by Gasteiger charge is -2.07. The molecule has 2 heterocycles. The molecule has 0 aliphatic rings. The van der Waals surface area contributed by atoms with Gasteiger partial charge in [-0.25, -0.2) is 9.59 Å². The summed E-state index contributed by atoms with van der Waals surface area (Å²) in [6, 6.07) is -0.886. The third kappa shape index (κ3) is 3.87. The van der Waals surface area contributed by atoms with Gasteiger partial charge in [0.05, 0.1) is 23.9 Å². The van der Waals surface area contributed by atoms with Gasteiger partial charge in [0.2, 0.25) is 0 Å². The van der Waals surface area contributed by atoms with E-state index in [-0.39, 0.29) is 12.2 Å². The molecule has 9 heteroatoms. The number of amides is 1. The van der Waals surface area contributed by atoms with Crippen LogP contribution >= 0.6 is 11.3 Å². The molecule has 2 aromatic rings. The molecule has 1 amide bonds. The van der Waals surface area contributed by atoms with E-state index in [1.165, 1.54) is 35.3 Å². The van der Waals surface area contributed by atoms with E-state index in [4.69, 9.17) is 9.84 Å². The molecule has 0 spiro atoms. The van der Waals surface area contributed by atoms with Crippen LogP contribution in [0.1, 0.15) is 51.0 Å². The molecule has 134 valence electrons. The van der Waals surface area contributed by atoms with E-state index in [1.807, 2.05) is 6.92 Å². The second kappa shape index (κ2) is 7.47. The van der Waals surface area contributed by atoms with Crippen molar-refractivity contribution in [3.8, 4) is 0 Å². The van der Waals surface area contributed by atoms with Crippen molar-refractivity contribution in [3.05, 3.63) is 34.0 Å². The molecule has 0 radical (unpaired) electrons. The smallest absolute Gasteiger partial charge is 0.341 e. The number of carboxylic acid groups (broad SMARTS) is 1. The molecule has 2 aromatic heterocycles. The topological polar surface area (TPSA) is 111 Å². The number of carbonyl (C=O) groups is 3. The van der Waals surface area contributed by atoms with Gasteiger partial charge in [0, 0.05) is 11.1 Å². The quantitative estimate of drug-likeness (QED) is 0.762. The zero-order valence-corrected chi connectivity index (χ0v) is 15.1. The number of rotatable bonds is 6. The van der Waals surface area contributed by atoms with Crippen molar-refractivity contribution in [3.63, 3.8) is 0 Å². The molecular weight excluding hydrogens is 346 g/mol. The lowest BCUT2D eigenvalue weighted by molar-refractivity contribution is -0.140. The Morgan fingerprint density at radius 3 is 2.68 bits per heavy atom.